The Kier molecular flexibility index (Phi) is 5.90. The summed E-state index contributed by atoms with van der Waals surface area (Å²) < 4.78 is 51.4. The summed E-state index contributed by atoms with van der Waals surface area (Å²) in [5, 5.41) is 0.000856. The van der Waals surface area contributed by atoms with Crippen LogP contribution in [0.4, 0.5) is 13.2 Å². The number of benzene rings is 1. The second-order valence-electron chi connectivity index (χ2n) is 4.38. The highest BCUT2D eigenvalue weighted by atomic mass is 28.4. The fraction of sp³-hybridized carbons (Fsp3) is 0.308. The molecular formula is C13H13F3O6Si. The van der Waals surface area contributed by atoms with E-state index in [4.69, 9.17) is 13.3 Å². The highest BCUT2D eigenvalue weighted by Gasteiger charge is 2.55. The maximum atomic E-state index is 12.3. The normalized spacial score (nSPS) is 11.5. The lowest BCUT2D eigenvalue weighted by atomic mass is 10.4. The molecule has 0 N–H and O–H groups in total. The van der Waals surface area contributed by atoms with E-state index in [1.807, 2.05) is 0 Å². The minimum Gasteiger partial charge on any atom is -0.452 e. The van der Waals surface area contributed by atoms with Crippen molar-refractivity contribution in [3.8, 4) is 0 Å². The van der Waals surface area contributed by atoms with Gasteiger partial charge in [-0.3, -0.25) is 14.4 Å². The molecule has 0 saturated carbocycles. The summed E-state index contributed by atoms with van der Waals surface area (Å²) in [5.41, 5.74) is 0. The van der Waals surface area contributed by atoms with Gasteiger partial charge in [0.2, 0.25) is 0 Å². The first-order valence-corrected chi connectivity index (χ1v) is 8.00. The summed E-state index contributed by atoms with van der Waals surface area (Å²) in [4.78, 5) is 34.1. The predicted molar refractivity (Wildman–Crippen MR) is 72.1 cm³/mol. The second-order valence-corrected chi connectivity index (χ2v) is 6.68. The van der Waals surface area contributed by atoms with Crippen LogP contribution in [0, 0.1) is 0 Å². The average Bonchev–Trinajstić information content (AvgIpc) is 2.35. The molecule has 23 heavy (non-hydrogen) atoms. The van der Waals surface area contributed by atoms with E-state index >= 15 is 0 Å². The Morgan fingerprint density at radius 1 is 0.957 bits per heavy atom. The standard InChI is InChI=1S/C13H13F3O6Si/c1-9(17)20-23(21-10(2)18,11-6-4-3-5-7-11)22-12(19)8-13(14,15)16/h3-7H,8H2,1-2H3. The highest BCUT2D eigenvalue weighted by molar-refractivity contribution is 6.79. The molecule has 0 fully saturated rings. The van der Waals surface area contributed by atoms with Crippen molar-refractivity contribution in [3.63, 3.8) is 0 Å². The molecule has 0 amide bonds. The molecule has 0 aliphatic rings. The van der Waals surface area contributed by atoms with Gasteiger partial charge in [-0.2, -0.15) is 13.2 Å². The van der Waals surface area contributed by atoms with Crippen molar-refractivity contribution >= 4 is 31.9 Å². The third kappa shape index (κ3) is 6.10. The number of carbonyl (C=O) groups is 3. The van der Waals surface area contributed by atoms with Crippen molar-refractivity contribution in [2.45, 2.75) is 26.4 Å². The van der Waals surface area contributed by atoms with E-state index < -0.39 is 39.3 Å². The van der Waals surface area contributed by atoms with E-state index in [0.29, 0.717) is 0 Å². The van der Waals surface area contributed by atoms with Crippen molar-refractivity contribution < 1.29 is 40.8 Å². The summed E-state index contributed by atoms with van der Waals surface area (Å²) in [6.45, 7) is 1.90. The number of hydrogen-bond donors (Lipinski definition) is 0. The minimum atomic E-state index is -4.82. The Balaban J connectivity index is 3.24. The summed E-state index contributed by atoms with van der Waals surface area (Å²) in [6.07, 6.45) is -6.72. The summed E-state index contributed by atoms with van der Waals surface area (Å²) >= 11 is 0. The summed E-state index contributed by atoms with van der Waals surface area (Å²) in [7, 11) is -4.51. The molecule has 0 aliphatic heterocycles. The third-order valence-corrected chi connectivity index (χ3v) is 4.93. The number of rotatable bonds is 5. The Morgan fingerprint density at radius 2 is 1.43 bits per heavy atom. The van der Waals surface area contributed by atoms with Crippen LogP contribution in [0.25, 0.3) is 0 Å². The van der Waals surface area contributed by atoms with E-state index in [0.717, 1.165) is 13.8 Å². The van der Waals surface area contributed by atoms with Crippen molar-refractivity contribution in [2.75, 3.05) is 0 Å². The van der Waals surface area contributed by atoms with Gasteiger partial charge in [-0.25, -0.2) is 0 Å². The first-order chi connectivity index (χ1) is 10.5. The van der Waals surface area contributed by atoms with Crippen LogP contribution in [-0.4, -0.2) is 32.9 Å². The third-order valence-electron chi connectivity index (χ3n) is 2.28. The van der Waals surface area contributed by atoms with E-state index in [1.165, 1.54) is 24.3 Å². The summed E-state index contributed by atoms with van der Waals surface area (Å²) in [6, 6.07) is 7.13. The molecule has 0 radical (unpaired) electrons. The molecule has 0 bridgehead atoms. The zero-order valence-electron chi connectivity index (χ0n) is 12.2. The first kappa shape index (κ1) is 18.7. The fourth-order valence-corrected chi connectivity index (χ4v) is 3.82. The van der Waals surface area contributed by atoms with Gasteiger partial charge in [0.05, 0.1) is 5.19 Å². The van der Waals surface area contributed by atoms with Crippen LogP contribution >= 0.6 is 0 Å². The van der Waals surface area contributed by atoms with Crippen LogP contribution in [0.15, 0.2) is 30.3 Å². The Morgan fingerprint density at radius 3 is 1.83 bits per heavy atom. The quantitative estimate of drug-likeness (QED) is 0.748. The molecule has 0 aliphatic carbocycles. The molecule has 0 saturated heterocycles. The van der Waals surface area contributed by atoms with Crippen LogP contribution in [0.5, 0.6) is 0 Å². The maximum absolute atomic E-state index is 12.3. The van der Waals surface area contributed by atoms with Gasteiger partial charge < -0.3 is 13.3 Å². The number of hydrogen-bond acceptors (Lipinski definition) is 6. The molecular weight excluding hydrogens is 337 g/mol. The van der Waals surface area contributed by atoms with Gasteiger partial charge in [0.1, 0.15) is 6.42 Å². The van der Waals surface area contributed by atoms with Crippen LogP contribution in [-0.2, 0) is 27.7 Å². The van der Waals surface area contributed by atoms with Gasteiger partial charge in [-0.1, -0.05) is 30.3 Å². The lowest BCUT2D eigenvalue weighted by Gasteiger charge is -2.26. The van der Waals surface area contributed by atoms with Gasteiger partial charge in [0.15, 0.2) is 0 Å². The van der Waals surface area contributed by atoms with Gasteiger partial charge in [0, 0.05) is 13.8 Å². The molecule has 0 aromatic heterocycles. The molecule has 10 heteroatoms. The average molecular weight is 350 g/mol. The van der Waals surface area contributed by atoms with E-state index in [1.54, 1.807) is 6.07 Å². The molecule has 0 atom stereocenters. The van der Waals surface area contributed by atoms with Gasteiger partial charge in [-0.15, -0.1) is 0 Å². The van der Waals surface area contributed by atoms with Crippen LogP contribution < -0.4 is 5.19 Å². The zero-order valence-corrected chi connectivity index (χ0v) is 13.2. The zero-order chi connectivity index (χ0) is 17.7. The van der Waals surface area contributed by atoms with Crippen molar-refractivity contribution in [1.29, 1.82) is 0 Å². The summed E-state index contributed by atoms with van der Waals surface area (Å²) in [5.74, 6) is -3.65. The molecule has 1 rings (SSSR count). The van der Waals surface area contributed by atoms with Gasteiger partial charge in [0.25, 0.3) is 11.9 Å². The Hall–Kier alpha value is -2.36. The molecule has 1 aromatic carbocycles. The van der Waals surface area contributed by atoms with E-state index in [-0.39, 0.29) is 5.19 Å². The van der Waals surface area contributed by atoms with Crippen molar-refractivity contribution in [3.05, 3.63) is 30.3 Å². The Bertz CT molecular complexity index is 571. The Labute approximate surface area is 130 Å². The van der Waals surface area contributed by atoms with Crippen LogP contribution in [0.1, 0.15) is 20.3 Å². The lowest BCUT2D eigenvalue weighted by Crippen LogP contribution is -2.59. The van der Waals surface area contributed by atoms with Crippen LogP contribution in [0.2, 0.25) is 0 Å². The molecule has 0 unspecified atom stereocenters. The monoisotopic (exact) mass is 350 g/mol. The molecule has 0 spiro atoms. The number of halogens is 3. The van der Waals surface area contributed by atoms with Crippen LogP contribution in [0.3, 0.4) is 0 Å². The smallest absolute Gasteiger partial charge is 0.452 e. The van der Waals surface area contributed by atoms with E-state index in [9.17, 15) is 27.6 Å². The number of carbonyl (C=O) groups excluding carboxylic acids is 3. The van der Waals surface area contributed by atoms with Gasteiger partial charge in [-0.05, 0) is 0 Å². The molecule has 126 valence electrons. The second kappa shape index (κ2) is 7.27. The van der Waals surface area contributed by atoms with Crippen molar-refractivity contribution in [1.82, 2.24) is 0 Å². The predicted octanol–water partition coefficient (Wildman–Crippen LogP) is 1.45. The van der Waals surface area contributed by atoms with Crippen molar-refractivity contribution in [2.24, 2.45) is 0 Å². The fourth-order valence-electron chi connectivity index (χ4n) is 1.61. The SMILES string of the molecule is CC(=O)O[Si](OC(C)=O)(OC(=O)CC(F)(F)F)c1ccccc1. The molecule has 6 nitrogen and oxygen atoms in total. The topological polar surface area (TPSA) is 78.9 Å². The highest BCUT2D eigenvalue weighted by Crippen LogP contribution is 2.22. The lowest BCUT2D eigenvalue weighted by molar-refractivity contribution is -0.167. The molecule has 0 heterocycles. The maximum Gasteiger partial charge on any atom is 0.742 e. The first-order valence-electron chi connectivity index (χ1n) is 6.27. The largest absolute Gasteiger partial charge is 0.742 e. The van der Waals surface area contributed by atoms with Gasteiger partial charge >= 0.3 is 21.0 Å². The molecule has 1 aromatic rings. The minimum absolute atomic E-state index is 0.000856. The number of alkyl halides is 3. The van der Waals surface area contributed by atoms with E-state index in [2.05, 4.69) is 0 Å².